The normalized spacial score (nSPS) is 10.7. The van der Waals surface area contributed by atoms with Crippen molar-refractivity contribution in [3.63, 3.8) is 0 Å². The van der Waals surface area contributed by atoms with E-state index in [1.54, 1.807) is 0 Å². The Morgan fingerprint density at radius 3 is 2.50 bits per heavy atom. The molecule has 0 fully saturated rings. The SMILES string of the molecule is Cc1cc(-c2ccc(C(C)C)cc2)nc(NCCC(=O)O)n1. The van der Waals surface area contributed by atoms with Crippen LogP contribution in [0.1, 0.15) is 37.4 Å². The quantitative estimate of drug-likeness (QED) is 0.854. The first-order valence-electron chi connectivity index (χ1n) is 7.37. The second-order valence-electron chi connectivity index (χ2n) is 5.57. The molecule has 5 nitrogen and oxygen atoms in total. The molecule has 0 aliphatic carbocycles. The summed E-state index contributed by atoms with van der Waals surface area (Å²) in [4.78, 5) is 19.3. The molecular weight excluding hydrogens is 278 g/mol. The van der Waals surface area contributed by atoms with Crippen molar-refractivity contribution in [1.29, 1.82) is 0 Å². The molecule has 1 aromatic carbocycles. The molecule has 0 atom stereocenters. The fourth-order valence-electron chi connectivity index (χ4n) is 2.12. The van der Waals surface area contributed by atoms with Crippen LogP contribution in [0.5, 0.6) is 0 Å². The van der Waals surface area contributed by atoms with Crippen molar-refractivity contribution >= 4 is 11.9 Å². The van der Waals surface area contributed by atoms with Crippen molar-refractivity contribution in [2.45, 2.75) is 33.1 Å². The number of nitrogens with zero attached hydrogens (tertiary/aromatic N) is 2. The molecule has 5 heteroatoms. The minimum atomic E-state index is -0.843. The number of benzene rings is 1. The number of carboxylic acid groups (broad SMARTS) is 1. The summed E-state index contributed by atoms with van der Waals surface area (Å²) in [6.45, 7) is 6.53. The number of hydrogen-bond donors (Lipinski definition) is 2. The summed E-state index contributed by atoms with van der Waals surface area (Å²) in [7, 11) is 0. The van der Waals surface area contributed by atoms with Gasteiger partial charge in [-0.15, -0.1) is 0 Å². The lowest BCUT2D eigenvalue weighted by molar-refractivity contribution is -0.136. The maximum atomic E-state index is 10.6. The number of carbonyl (C=O) groups is 1. The summed E-state index contributed by atoms with van der Waals surface area (Å²) in [5, 5.41) is 11.6. The van der Waals surface area contributed by atoms with E-state index in [9.17, 15) is 4.79 Å². The van der Waals surface area contributed by atoms with Crippen molar-refractivity contribution in [3.05, 3.63) is 41.6 Å². The Morgan fingerprint density at radius 1 is 1.23 bits per heavy atom. The topological polar surface area (TPSA) is 75.1 Å². The van der Waals surface area contributed by atoms with Crippen LogP contribution >= 0.6 is 0 Å². The van der Waals surface area contributed by atoms with E-state index in [-0.39, 0.29) is 6.42 Å². The Labute approximate surface area is 130 Å². The second kappa shape index (κ2) is 7.02. The number of carboxylic acids is 1. The zero-order valence-corrected chi connectivity index (χ0v) is 13.1. The predicted octanol–water partition coefficient (Wildman–Crippen LogP) is 3.46. The van der Waals surface area contributed by atoms with Crippen LogP contribution in [0.25, 0.3) is 11.3 Å². The van der Waals surface area contributed by atoms with Crippen molar-refractivity contribution < 1.29 is 9.90 Å². The van der Waals surface area contributed by atoms with E-state index < -0.39 is 5.97 Å². The standard InChI is InChI=1S/C17H21N3O2/c1-11(2)13-4-6-14(7-5-13)15-10-12(3)19-17(20-15)18-9-8-16(21)22/h4-7,10-11H,8-9H2,1-3H3,(H,21,22)(H,18,19,20). The molecule has 0 radical (unpaired) electrons. The Bertz CT molecular complexity index is 651. The van der Waals surface area contributed by atoms with Gasteiger partial charge in [-0.3, -0.25) is 4.79 Å². The minimum absolute atomic E-state index is 0.0374. The predicted molar refractivity (Wildman–Crippen MR) is 87.0 cm³/mol. The summed E-state index contributed by atoms with van der Waals surface area (Å²) in [6.07, 6.45) is 0.0374. The van der Waals surface area contributed by atoms with Gasteiger partial charge >= 0.3 is 5.97 Å². The van der Waals surface area contributed by atoms with Crippen molar-refractivity contribution in [2.75, 3.05) is 11.9 Å². The van der Waals surface area contributed by atoms with Gasteiger partial charge in [-0.25, -0.2) is 9.97 Å². The van der Waals surface area contributed by atoms with Gasteiger partial charge in [-0.1, -0.05) is 38.1 Å². The van der Waals surface area contributed by atoms with Crippen molar-refractivity contribution in [2.24, 2.45) is 0 Å². The average Bonchev–Trinajstić information content (AvgIpc) is 2.46. The fraction of sp³-hybridized carbons (Fsp3) is 0.353. The third-order valence-electron chi connectivity index (χ3n) is 3.35. The van der Waals surface area contributed by atoms with Gasteiger partial charge in [0, 0.05) is 17.8 Å². The molecule has 0 aliphatic heterocycles. The lowest BCUT2D eigenvalue weighted by atomic mass is 10.0. The van der Waals surface area contributed by atoms with E-state index in [0.717, 1.165) is 17.0 Å². The van der Waals surface area contributed by atoms with Crippen LogP contribution in [0.15, 0.2) is 30.3 Å². The van der Waals surface area contributed by atoms with E-state index in [0.29, 0.717) is 18.4 Å². The number of anilines is 1. The first-order chi connectivity index (χ1) is 10.5. The van der Waals surface area contributed by atoms with Gasteiger partial charge in [-0.2, -0.15) is 0 Å². The molecule has 116 valence electrons. The molecule has 0 spiro atoms. The monoisotopic (exact) mass is 299 g/mol. The van der Waals surface area contributed by atoms with Gasteiger partial charge in [0.15, 0.2) is 0 Å². The number of rotatable bonds is 6. The Kier molecular flexibility index (Phi) is 5.09. The Hall–Kier alpha value is -2.43. The van der Waals surface area contributed by atoms with Crippen LogP contribution in [-0.4, -0.2) is 27.6 Å². The molecular formula is C17H21N3O2. The summed E-state index contributed by atoms with van der Waals surface area (Å²) in [5.74, 6) is 0.114. The summed E-state index contributed by atoms with van der Waals surface area (Å²) < 4.78 is 0. The third-order valence-corrected chi connectivity index (χ3v) is 3.35. The minimum Gasteiger partial charge on any atom is -0.481 e. The van der Waals surface area contributed by atoms with Gasteiger partial charge in [0.05, 0.1) is 12.1 Å². The molecule has 0 aliphatic rings. The zero-order valence-electron chi connectivity index (χ0n) is 13.1. The van der Waals surface area contributed by atoms with E-state index in [1.165, 1.54) is 5.56 Å². The van der Waals surface area contributed by atoms with Gasteiger partial charge < -0.3 is 10.4 Å². The second-order valence-corrected chi connectivity index (χ2v) is 5.57. The number of nitrogens with one attached hydrogen (secondary N) is 1. The fourth-order valence-corrected chi connectivity index (χ4v) is 2.12. The number of aryl methyl sites for hydroxylation is 1. The van der Waals surface area contributed by atoms with Crippen LogP contribution < -0.4 is 5.32 Å². The smallest absolute Gasteiger partial charge is 0.305 e. The number of aliphatic carboxylic acids is 1. The molecule has 1 aromatic heterocycles. The molecule has 0 saturated heterocycles. The maximum Gasteiger partial charge on any atom is 0.305 e. The lowest BCUT2D eigenvalue weighted by Gasteiger charge is -2.09. The number of hydrogen-bond acceptors (Lipinski definition) is 4. The molecule has 2 rings (SSSR count). The first kappa shape index (κ1) is 15.9. The molecule has 0 unspecified atom stereocenters. The molecule has 0 amide bonds. The van der Waals surface area contributed by atoms with Crippen LogP contribution in [0.3, 0.4) is 0 Å². The van der Waals surface area contributed by atoms with E-state index in [2.05, 4.69) is 53.4 Å². The molecule has 0 bridgehead atoms. The van der Waals surface area contributed by atoms with Crippen molar-refractivity contribution in [1.82, 2.24) is 9.97 Å². The first-order valence-corrected chi connectivity index (χ1v) is 7.37. The maximum absolute atomic E-state index is 10.6. The highest BCUT2D eigenvalue weighted by molar-refractivity contribution is 5.67. The Balaban J connectivity index is 2.19. The Morgan fingerprint density at radius 2 is 1.91 bits per heavy atom. The van der Waals surface area contributed by atoms with Crippen molar-refractivity contribution in [3.8, 4) is 11.3 Å². The highest BCUT2D eigenvalue weighted by atomic mass is 16.4. The average molecular weight is 299 g/mol. The van der Waals surface area contributed by atoms with Gasteiger partial charge in [0.25, 0.3) is 0 Å². The highest BCUT2D eigenvalue weighted by Gasteiger charge is 2.06. The summed E-state index contributed by atoms with van der Waals surface area (Å²) in [6, 6.07) is 10.2. The van der Waals surface area contributed by atoms with E-state index >= 15 is 0 Å². The summed E-state index contributed by atoms with van der Waals surface area (Å²) in [5.41, 5.74) is 3.99. The van der Waals surface area contributed by atoms with Gasteiger partial charge in [0.2, 0.25) is 5.95 Å². The van der Waals surface area contributed by atoms with E-state index in [1.807, 2.05) is 13.0 Å². The van der Waals surface area contributed by atoms with Crippen LogP contribution in [0.2, 0.25) is 0 Å². The molecule has 2 aromatic rings. The molecule has 2 N–H and O–H groups in total. The largest absolute Gasteiger partial charge is 0.481 e. The molecule has 1 heterocycles. The number of aromatic nitrogens is 2. The third kappa shape index (κ3) is 4.28. The highest BCUT2D eigenvalue weighted by Crippen LogP contribution is 2.22. The van der Waals surface area contributed by atoms with Crippen LogP contribution in [-0.2, 0) is 4.79 Å². The van der Waals surface area contributed by atoms with Gasteiger partial charge in [0.1, 0.15) is 0 Å². The molecule has 0 saturated carbocycles. The zero-order chi connectivity index (χ0) is 16.1. The van der Waals surface area contributed by atoms with Crippen LogP contribution in [0.4, 0.5) is 5.95 Å². The summed E-state index contributed by atoms with van der Waals surface area (Å²) >= 11 is 0. The molecule has 22 heavy (non-hydrogen) atoms. The van der Waals surface area contributed by atoms with E-state index in [4.69, 9.17) is 5.11 Å². The van der Waals surface area contributed by atoms with Crippen LogP contribution in [0, 0.1) is 6.92 Å². The lowest BCUT2D eigenvalue weighted by Crippen LogP contribution is -2.10. The van der Waals surface area contributed by atoms with Gasteiger partial charge in [-0.05, 0) is 24.5 Å².